The fraction of sp³-hybridized carbons (Fsp3) is 0.333. The van der Waals surface area contributed by atoms with Gasteiger partial charge in [-0.2, -0.15) is 5.10 Å². The fourth-order valence-corrected chi connectivity index (χ4v) is 4.55. The molecule has 3 amide bonds. The number of nitrogens with zero attached hydrogens (tertiary/aromatic N) is 3. The van der Waals surface area contributed by atoms with E-state index in [0.717, 1.165) is 30.5 Å². The maximum atomic E-state index is 12.7. The average Bonchev–Trinajstić information content (AvgIpc) is 3.46. The van der Waals surface area contributed by atoms with E-state index in [-0.39, 0.29) is 30.1 Å². The van der Waals surface area contributed by atoms with Gasteiger partial charge in [-0.05, 0) is 43.5 Å². The number of amides is 3. The van der Waals surface area contributed by atoms with E-state index in [4.69, 9.17) is 0 Å². The lowest BCUT2D eigenvalue weighted by Crippen LogP contribution is -2.32. The summed E-state index contributed by atoms with van der Waals surface area (Å²) < 4.78 is 1.63. The van der Waals surface area contributed by atoms with Gasteiger partial charge in [-0.1, -0.05) is 35.9 Å². The number of anilines is 1. The van der Waals surface area contributed by atoms with Crippen molar-refractivity contribution in [3.63, 3.8) is 0 Å². The number of nitrogens with one attached hydrogen (secondary N) is 2. The third-order valence-corrected chi connectivity index (χ3v) is 6.46. The van der Waals surface area contributed by atoms with Gasteiger partial charge in [0.1, 0.15) is 0 Å². The molecule has 0 radical (unpaired) electrons. The van der Waals surface area contributed by atoms with Crippen LogP contribution < -0.4 is 10.6 Å². The van der Waals surface area contributed by atoms with Gasteiger partial charge >= 0.3 is 0 Å². The molecule has 35 heavy (non-hydrogen) atoms. The summed E-state index contributed by atoms with van der Waals surface area (Å²) in [5.41, 5.74) is 3.89. The highest BCUT2D eigenvalue weighted by molar-refractivity contribution is 5.95. The molecule has 2 aromatic carbocycles. The molecular formula is C27H29N5O3. The first-order valence-corrected chi connectivity index (χ1v) is 12.0. The smallest absolute Gasteiger partial charge is 0.251 e. The van der Waals surface area contributed by atoms with E-state index in [1.54, 1.807) is 35.3 Å². The third-order valence-electron chi connectivity index (χ3n) is 6.46. The molecule has 2 N–H and O–H groups in total. The number of hydrogen-bond donors (Lipinski definition) is 2. The predicted molar refractivity (Wildman–Crippen MR) is 132 cm³/mol. The number of aromatic nitrogens is 2. The van der Waals surface area contributed by atoms with Crippen LogP contribution in [0.4, 0.5) is 5.69 Å². The molecule has 0 unspecified atom stereocenters. The van der Waals surface area contributed by atoms with Gasteiger partial charge in [0.25, 0.3) is 5.91 Å². The van der Waals surface area contributed by atoms with Gasteiger partial charge in [0.15, 0.2) is 0 Å². The molecule has 1 saturated carbocycles. The zero-order chi connectivity index (χ0) is 24.4. The molecule has 1 saturated heterocycles. The molecule has 2 heterocycles. The van der Waals surface area contributed by atoms with E-state index in [1.165, 1.54) is 0 Å². The molecular weight excluding hydrogens is 442 g/mol. The van der Waals surface area contributed by atoms with E-state index in [2.05, 4.69) is 15.7 Å². The first-order chi connectivity index (χ1) is 16.9. The molecule has 1 aliphatic heterocycles. The average molecular weight is 472 g/mol. The summed E-state index contributed by atoms with van der Waals surface area (Å²) in [4.78, 5) is 39.3. The predicted octanol–water partition coefficient (Wildman–Crippen LogP) is 3.10. The number of carbonyl (C=O) groups excluding carboxylic acids is 3. The Balaban J connectivity index is 1.17. The maximum absolute atomic E-state index is 12.7. The molecule has 3 aromatic rings. The van der Waals surface area contributed by atoms with Crippen LogP contribution in [0.5, 0.6) is 0 Å². The quantitative estimate of drug-likeness (QED) is 0.528. The summed E-state index contributed by atoms with van der Waals surface area (Å²) in [6.07, 6.45) is 6.30. The molecule has 1 atom stereocenters. The highest BCUT2D eigenvalue weighted by atomic mass is 16.2. The minimum absolute atomic E-state index is 0.117. The van der Waals surface area contributed by atoms with Gasteiger partial charge in [-0.15, -0.1) is 0 Å². The van der Waals surface area contributed by atoms with Crippen LogP contribution in [0.2, 0.25) is 0 Å². The van der Waals surface area contributed by atoms with Crippen LogP contribution in [0.3, 0.4) is 0 Å². The lowest BCUT2D eigenvalue weighted by Gasteiger charge is -2.15. The molecule has 0 spiro atoms. The number of hydrogen-bond acceptors (Lipinski definition) is 4. The van der Waals surface area contributed by atoms with E-state index < -0.39 is 0 Å². The van der Waals surface area contributed by atoms with Crippen molar-refractivity contribution in [1.82, 2.24) is 20.0 Å². The van der Waals surface area contributed by atoms with Crippen molar-refractivity contribution in [3.05, 3.63) is 77.6 Å². The number of likely N-dealkylation sites (tertiary alicyclic amines) is 1. The second-order valence-corrected chi connectivity index (χ2v) is 9.50. The highest BCUT2D eigenvalue weighted by Gasteiger charge is 2.39. The zero-order valence-corrected chi connectivity index (χ0v) is 19.7. The van der Waals surface area contributed by atoms with Crippen LogP contribution in [0.15, 0.2) is 60.9 Å². The fourth-order valence-electron chi connectivity index (χ4n) is 4.55. The normalized spacial score (nSPS) is 17.5. The molecule has 8 heteroatoms. The van der Waals surface area contributed by atoms with Gasteiger partial charge in [0.05, 0.1) is 30.2 Å². The van der Waals surface area contributed by atoms with Crippen LogP contribution in [-0.2, 0) is 16.0 Å². The third kappa shape index (κ3) is 5.59. The minimum Gasteiger partial charge on any atom is -0.352 e. The molecule has 1 aliphatic carbocycles. The molecule has 2 fully saturated rings. The summed E-state index contributed by atoms with van der Waals surface area (Å²) in [6, 6.07) is 15.5. The Hall–Kier alpha value is -3.94. The van der Waals surface area contributed by atoms with Crippen molar-refractivity contribution in [2.24, 2.45) is 5.92 Å². The maximum Gasteiger partial charge on any atom is 0.251 e. The van der Waals surface area contributed by atoms with Crippen LogP contribution in [0, 0.1) is 12.8 Å². The number of carbonyl (C=O) groups is 3. The van der Waals surface area contributed by atoms with Crippen LogP contribution >= 0.6 is 0 Å². The van der Waals surface area contributed by atoms with E-state index in [1.807, 2.05) is 42.2 Å². The van der Waals surface area contributed by atoms with Gasteiger partial charge in [0.2, 0.25) is 11.8 Å². The lowest BCUT2D eigenvalue weighted by molar-refractivity contribution is -0.128. The summed E-state index contributed by atoms with van der Waals surface area (Å²) >= 11 is 0. The van der Waals surface area contributed by atoms with Gasteiger partial charge in [0, 0.05) is 37.0 Å². The Labute approximate surface area is 204 Å². The molecule has 5 rings (SSSR count). The van der Waals surface area contributed by atoms with Crippen molar-refractivity contribution in [1.29, 1.82) is 0 Å². The Morgan fingerprint density at radius 1 is 1.11 bits per heavy atom. The first-order valence-electron chi connectivity index (χ1n) is 12.0. The van der Waals surface area contributed by atoms with E-state index >= 15 is 0 Å². The Morgan fingerprint density at radius 2 is 1.94 bits per heavy atom. The topological polar surface area (TPSA) is 96.3 Å². The first kappa shape index (κ1) is 22.8. The Kier molecular flexibility index (Phi) is 6.35. The van der Waals surface area contributed by atoms with E-state index in [9.17, 15) is 14.4 Å². The van der Waals surface area contributed by atoms with Crippen molar-refractivity contribution >= 4 is 23.4 Å². The second kappa shape index (κ2) is 9.74. The standard InChI is InChI=1S/C27H29N5O3/c1-18-4-2-5-19(10-18)11-25(33)30-22-15-29-32(17-22)24-7-3-6-21(13-24)27(35)28-14-20-12-26(34)31(16-20)23-8-9-23/h2-7,10,13,15,17,20,23H,8-9,11-12,14,16H2,1H3,(H,28,35)(H,30,33)/t20-/m1/s1. The van der Waals surface area contributed by atoms with Gasteiger partial charge in [-0.3, -0.25) is 14.4 Å². The second-order valence-electron chi connectivity index (χ2n) is 9.50. The number of rotatable bonds is 8. The zero-order valence-electron chi connectivity index (χ0n) is 19.7. The van der Waals surface area contributed by atoms with Crippen LogP contribution in [0.25, 0.3) is 5.69 Å². The SMILES string of the molecule is Cc1cccc(CC(=O)Nc2cnn(-c3cccc(C(=O)NC[C@H]4CC(=O)N(C5CC5)C4)c3)c2)c1. The summed E-state index contributed by atoms with van der Waals surface area (Å²) in [6.45, 7) is 3.21. The molecule has 0 bridgehead atoms. The minimum atomic E-state index is -0.178. The molecule has 180 valence electrons. The lowest BCUT2D eigenvalue weighted by atomic mass is 10.1. The molecule has 2 aliphatic rings. The highest BCUT2D eigenvalue weighted by Crippen LogP contribution is 2.32. The van der Waals surface area contributed by atoms with Crippen LogP contribution in [0.1, 0.15) is 40.7 Å². The van der Waals surface area contributed by atoms with Gasteiger partial charge < -0.3 is 15.5 Å². The molecule has 1 aromatic heterocycles. The van der Waals surface area contributed by atoms with Crippen molar-refractivity contribution < 1.29 is 14.4 Å². The monoisotopic (exact) mass is 471 g/mol. The Morgan fingerprint density at radius 3 is 2.74 bits per heavy atom. The van der Waals surface area contributed by atoms with E-state index in [0.29, 0.717) is 35.9 Å². The largest absolute Gasteiger partial charge is 0.352 e. The number of aryl methyl sites for hydroxylation is 1. The summed E-state index contributed by atoms with van der Waals surface area (Å²) in [7, 11) is 0. The Bertz CT molecular complexity index is 1260. The number of benzene rings is 2. The van der Waals surface area contributed by atoms with Crippen molar-refractivity contribution in [2.75, 3.05) is 18.4 Å². The van der Waals surface area contributed by atoms with Crippen LogP contribution in [-0.4, -0.2) is 51.5 Å². The van der Waals surface area contributed by atoms with Crippen molar-refractivity contribution in [3.8, 4) is 5.69 Å². The molecule has 8 nitrogen and oxygen atoms in total. The van der Waals surface area contributed by atoms with Gasteiger partial charge in [-0.25, -0.2) is 4.68 Å². The summed E-state index contributed by atoms with van der Waals surface area (Å²) in [5.74, 6) is 0.0680. The summed E-state index contributed by atoms with van der Waals surface area (Å²) in [5, 5.41) is 10.2. The van der Waals surface area contributed by atoms with Crippen molar-refractivity contribution in [2.45, 2.75) is 38.6 Å².